The van der Waals surface area contributed by atoms with Crippen molar-refractivity contribution in [3.05, 3.63) is 53.8 Å². The fourth-order valence-electron chi connectivity index (χ4n) is 2.32. The summed E-state index contributed by atoms with van der Waals surface area (Å²) in [5.74, 6) is -0.426. The molecule has 2 amide bonds. The molecule has 0 radical (unpaired) electrons. The molecule has 0 aromatic heterocycles. The SMILES string of the molecule is COc1ccc(C(=O)N(CCC(N)=O)c2ccc(F)cc2)cc1OC. The molecule has 0 saturated carbocycles. The van der Waals surface area contributed by atoms with Crippen molar-refractivity contribution in [3.63, 3.8) is 0 Å². The van der Waals surface area contributed by atoms with Crippen molar-refractivity contribution >= 4 is 17.5 Å². The monoisotopic (exact) mass is 346 g/mol. The normalized spacial score (nSPS) is 10.2. The molecule has 0 bridgehead atoms. The van der Waals surface area contributed by atoms with E-state index >= 15 is 0 Å². The van der Waals surface area contributed by atoms with Crippen molar-refractivity contribution in [2.75, 3.05) is 25.7 Å². The molecule has 2 aromatic carbocycles. The summed E-state index contributed by atoms with van der Waals surface area (Å²) in [6.45, 7) is 0.0775. The summed E-state index contributed by atoms with van der Waals surface area (Å²) < 4.78 is 23.5. The van der Waals surface area contributed by atoms with Gasteiger partial charge in [-0.15, -0.1) is 0 Å². The van der Waals surface area contributed by atoms with E-state index in [1.54, 1.807) is 18.2 Å². The van der Waals surface area contributed by atoms with Crippen LogP contribution in [-0.2, 0) is 4.79 Å². The molecule has 0 saturated heterocycles. The first-order valence-electron chi connectivity index (χ1n) is 7.54. The number of nitrogens with zero attached hydrogens (tertiary/aromatic N) is 1. The third-order valence-electron chi connectivity index (χ3n) is 3.60. The number of hydrogen-bond donors (Lipinski definition) is 1. The van der Waals surface area contributed by atoms with Gasteiger partial charge in [0.2, 0.25) is 5.91 Å². The van der Waals surface area contributed by atoms with Gasteiger partial charge in [0.05, 0.1) is 14.2 Å². The van der Waals surface area contributed by atoms with Gasteiger partial charge < -0.3 is 20.1 Å². The Morgan fingerprint density at radius 1 is 1.04 bits per heavy atom. The lowest BCUT2D eigenvalue weighted by Crippen LogP contribution is -2.34. The molecule has 0 unspecified atom stereocenters. The number of nitrogens with two attached hydrogens (primary N) is 1. The average Bonchev–Trinajstić information content (AvgIpc) is 2.62. The molecule has 0 heterocycles. The van der Waals surface area contributed by atoms with Crippen molar-refractivity contribution < 1.29 is 23.5 Å². The van der Waals surface area contributed by atoms with Crippen LogP contribution >= 0.6 is 0 Å². The molecule has 0 spiro atoms. The summed E-state index contributed by atoms with van der Waals surface area (Å²) in [6.07, 6.45) is -0.0175. The third-order valence-corrected chi connectivity index (χ3v) is 3.60. The van der Waals surface area contributed by atoms with Crippen LogP contribution in [0, 0.1) is 5.82 Å². The molecule has 0 fully saturated rings. The summed E-state index contributed by atoms with van der Waals surface area (Å²) in [7, 11) is 2.97. The van der Waals surface area contributed by atoms with Gasteiger partial charge in [0.1, 0.15) is 5.82 Å². The van der Waals surface area contributed by atoms with E-state index in [1.165, 1.54) is 43.4 Å². The minimum Gasteiger partial charge on any atom is -0.493 e. The zero-order valence-electron chi connectivity index (χ0n) is 14.0. The van der Waals surface area contributed by atoms with Crippen LogP contribution < -0.4 is 20.1 Å². The molecule has 0 atom stereocenters. The number of benzene rings is 2. The second kappa shape index (κ2) is 8.14. The number of methoxy groups -OCH3 is 2. The Balaban J connectivity index is 2.37. The van der Waals surface area contributed by atoms with E-state index in [1.807, 2.05) is 0 Å². The number of halogens is 1. The number of hydrogen-bond acceptors (Lipinski definition) is 4. The highest BCUT2D eigenvalue weighted by Crippen LogP contribution is 2.29. The zero-order chi connectivity index (χ0) is 18.4. The Morgan fingerprint density at radius 2 is 1.68 bits per heavy atom. The Hall–Kier alpha value is -3.09. The zero-order valence-corrected chi connectivity index (χ0v) is 14.0. The maximum Gasteiger partial charge on any atom is 0.258 e. The predicted octanol–water partition coefficient (Wildman–Crippen LogP) is 2.37. The molecule has 0 aliphatic carbocycles. The fourth-order valence-corrected chi connectivity index (χ4v) is 2.32. The summed E-state index contributed by atoms with van der Waals surface area (Å²) in [5.41, 5.74) is 5.99. The maximum atomic E-state index is 13.2. The van der Waals surface area contributed by atoms with Crippen molar-refractivity contribution in [2.45, 2.75) is 6.42 Å². The van der Waals surface area contributed by atoms with E-state index in [0.29, 0.717) is 22.7 Å². The molecule has 6 nitrogen and oxygen atoms in total. The van der Waals surface area contributed by atoms with Crippen molar-refractivity contribution in [1.29, 1.82) is 0 Å². The predicted molar refractivity (Wildman–Crippen MR) is 91.4 cm³/mol. The molecule has 25 heavy (non-hydrogen) atoms. The summed E-state index contributed by atoms with van der Waals surface area (Å²) in [6, 6.07) is 10.2. The van der Waals surface area contributed by atoms with Gasteiger partial charge in [0.25, 0.3) is 5.91 Å². The topological polar surface area (TPSA) is 81.9 Å². The highest BCUT2D eigenvalue weighted by atomic mass is 19.1. The van der Waals surface area contributed by atoms with Crippen LogP contribution in [0.1, 0.15) is 16.8 Å². The van der Waals surface area contributed by atoms with Crippen LogP contribution in [0.2, 0.25) is 0 Å². The Morgan fingerprint density at radius 3 is 2.24 bits per heavy atom. The highest BCUT2D eigenvalue weighted by Gasteiger charge is 2.20. The van der Waals surface area contributed by atoms with Crippen LogP contribution in [0.3, 0.4) is 0 Å². The van der Waals surface area contributed by atoms with E-state index in [2.05, 4.69) is 0 Å². The van der Waals surface area contributed by atoms with Crippen molar-refractivity contribution in [1.82, 2.24) is 0 Å². The van der Waals surface area contributed by atoms with Gasteiger partial charge in [0.15, 0.2) is 11.5 Å². The van der Waals surface area contributed by atoms with Gasteiger partial charge in [-0.05, 0) is 42.5 Å². The molecule has 7 heteroatoms. The lowest BCUT2D eigenvalue weighted by atomic mass is 10.1. The first kappa shape index (κ1) is 18.3. The van der Waals surface area contributed by atoms with Crippen molar-refractivity contribution in [2.24, 2.45) is 5.73 Å². The number of amides is 2. The Bertz CT molecular complexity index is 762. The number of primary amides is 1. The molecule has 2 N–H and O–H groups in total. The Labute approximate surface area is 144 Å². The molecular formula is C18H19FN2O4. The van der Waals surface area contributed by atoms with Crippen LogP contribution in [0.5, 0.6) is 11.5 Å². The second-order valence-electron chi connectivity index (χ2n) is 5.22. The van der Waals surface area contributed by atoms with Gasteiger partial charge in [-0.1, -0.05) is 0 Å². The summed E-state index contributed by atoms with van der Waals surface area (Å²) in [5, 5.41) is 0. The quantitative estimate of drug-likeness (QED) is 0.834. The Kier molecular flexibility index (Phi) is 5.94. The van der Waals surface area contributed by atoms with Gasteiger partial charge in [-0.2, -0.15) is 0 Å². The van der Waals surface area contributed by atoms with E-state index in [-0.39, 0.29) is 18.9 Å². The number of rotatable bonds is 7. The summed E-state index contributed by atoms with van der Waals surface area (Å²) in [4.78, 5) is 25.4. The van der Waals surface area contributed by atoms with Gasteiger partial charge >= 0.3 is 0 Å². The average molecular weight is 346 g/mol. The minimum absolute atomic E-state index is 0.0175. The molecular weight excluding hydrogens is 327 g/mol. The van der Waals surface area contributed by atoms with Gasteiger partial charge in [-0.3, -0.25) is 9.59 Å². The summed E-state index contributed by atoms with van der Waals surface area (Å²) >= 11 is 0. The second-order valence-corrected chi connectivity index (χ2v) is 5.22. The van der Waals surface area contributed by atoms with E-state index in [4.69, 9.17) is 15.2 Å². The molecule has 0 aliphatic heterocycles. The van der Waals surface area contributed by atoms with E-state index < -0.39 is 11.7 Å². The van der Waals surface area contributed by atoms with Crippen LogP contribution in [0.15, 0.2) is 42.5 Å². The lowest BCUT2D eigenvalue weighted by Gasteiger charge is -2.23. The molecule has 132 valence electrons. The largest absolute Gasteiger partial charge is 0.493 e. The number of ether oxygens (including phenoxy) is 2. The standard InChI is InChI=1S/C18H19FN2O4/c1-24-15-8-3-12(11-16(15)25-2)18(23)21(10-9-17(20)22)14-6-4-13(19)5-7-14/h3-8,11H,9-10H2,1-2H3,(H2,20,22). The molecule has 2 aromatic rings. The van der Waals surface area contributed by atoms with Crippen LogP contribution in [0.4, 0.5) is 10.1 Å². The molecule has 2 rings (SSSR count). The van der Waals surface area contributed by atoms with Crippen LogP contribution in [-0.4, -0.2) is 32.6 Å². The highest BCUT2D eigenvalue weighted by molar-refractivity contribution is 6.06. The van der Waals surface area contributed by atoms with E-state index in [0.717, 1.165) is 0 Å². The number of anilines is 1. The van der Waals surface area contributed by atoms with Crippen LogP contribution in [0.25, 0.3) is 0 Å². The first-order valence-corrected chi connectivity index (χ1v) is 7.54. The minimum atomic E-state index is -0.535. The third kappa shape index (κ3) is 4.47. The van der Waals surface area contributed by atoms with Gasteiger partial charge in [0, 0.05) is 24.2 Å². The lowest BCUT2D eigenvalue weighted by molar-refractivity contribution is -0.117. The number of carbonyl (C=O) groups is 2. The fraction of sp³-hybridized carbons (Fsp3) is 0.222. The maximum absolute atomic E-state index is 13.2. The van der Waals surface area contributed by atoms with Gasteiger partial charge in [-0.25, -0.2) is 4.39 Å². The molecule has 0 aliphatic rings. The first-order chi connectivity index (χ1) is 12.0. The van der Waals surface area contributed by atoms with E-state index in [9.17, 15) is 14.0 Å². The number of carbonyl (C=O) groups excluding carboxylic acids is 2. The van der Waals surface area contributed by atoms with Crippen molar-refractivity contribution in [3.8, 4) is 11.5 Å². The smallest absolute Gasteiger partial charge is 0.258 e.